The Kier molecular flexibility index (Phi) is 11.9. The lowest BCUT2D eigenvalue weighted by Gasteiger charge is -2.47. The number of carbonyl (C=O) groups excluding carboxylic acids is 1. The second-order valence-corrected chi connectivity index (χ2v) is 11.0. The van der Waals surface area contributed by atoms with Gasteiger partial charge in [-0.15, -0.1) is 0 Å². The molecule has 4 heterocycles. The van der Waals surface area contributed by atoms with Crippen molar-refractivity contribution in [2.24, 2.45) is 0 Å². The number of hydrogen-bond donors (Lipinski definition) is 11. The monoisotopic (exact) mass is 648 g/mol. The molecule has 0 aromatic carbocycles. The Labute approximate surface area is 249 Å². The van der Waals surface area contributed by atoms with Crippen LogP contribution in [0.1, 0.15) is 6.92 Å². The van der Waals surface area contributed by atoms with Crippen molar-refractivity contribution < 1.29 is 98.9 Å². The van der Waals surface area contributed by atoms with E-state index in [9.17, 15) is 61.0 Å². The third kappa shape index (κ3) is 7.17. The second-order valence-electron chi connectivity index (χ2n) is 11.0. The lowest BCUT2D eigenvalue weighted by Crippen LogP contribution is -2.66. The van der Waals surface area contributed by atoms with Crippen LogP contribution in [0.4, 0.5) is 0 Å². The molecule has 11 N–H and O–H groups in total. The van der Waals surface area contributed by atoms with Crippen LogP contribution < -0.4 is 0 Å². The van der Waals surface area contributed by atoms with Crippen LogP contribution >= 0.6 is 0 Å². The highest BCUT2D eigenvalue weighted by atomic mass is 16.8. The SMILES string of the molecule is CC(=O)O[C@H]1[C@H](O[C@H]2[C@H](O)[C@@H](O[C@@H]3OC[C@@H](O)[C@H](O[C@@H]4OC[C@](O)(CO)[C@H]4O)[C@H]3O)[C@H](O)O[C@@H]2CO)O[C@H](CO)[C@@H](O)[C@@H]1O. The van der Waals surface area contributed by atoms with Crippen molar-refractivity contribution in [3.8, 4) is 0 Å². The molecule has 0 aromatic rings. The first-order valence-corrected chi connectivity index (χ1v) is 13.7. The van der Waals surface area contributed by atoms with Crippen LogP contribution in [0.25, 0.3) is 0 Å². The highest BCUT2D eigenvalue weighted by Gasteiger charge is 2.55. The maximum absolute atomic E-state index is 11.7. The molecule has 4 rings (SSSR count). The van der Waals surface area contributed by atoms with Gasteiger partial charge in [-0.1, -0.05) is 0 Å². The van der Waals surface area contributed by atoms with Gasteiger partial charge in [0.25, 0.3) is 0 Å². The van der Waals surface area contributed by atoms with Crippen molar-refractivity contribution in [3.63, 3.8) is 0 Å². The van der Waals surface area contributed by atoms with Crippen LogP contribution in [0.3, 0.4) is 0 Å². The molecule has 20 nitrogen and oxygen atoms in total. The van der Waals surface area contributed by atoms with Crippen molar-refractivity contribution in [1.29, 1.82) is 0 Å². The first kappa shape index (κ1) is 35.6. The lowest BCUT2D eigenvalue weighted by atomic mass is 9.96. The van der Waals surface area contributed by atoms with Crippen molar-refractivity contribution in [3.05, 3.63) is 0 Å². The lowest BCUT2D eigenvalue weighted by molar-refractivity contribution is -0.380. The molecule has 4 aliphatic heterocycles. The largest absolute Gasteiger partial charge is 0.454 e. The Morgan fingerprint density at radius 3 is 1.95 bits per heavy atom. The van der Waals surface area contributed by atoms with Gasteiger partial charge in [0.1, 0.15) is 72.7 Å². The predicted octanol–water partition coefficient (Wildman–Crippen LogP) is -7.90. The summed E-state index contributed by atoms with van der Waals surface area (Å²) in [7, 11) is 0. The van der Waals surface area contributed by atoms with Gasteiger partial charge in [-0.3, -0.25) is 4.79 Å². The normalized spacial score (nSPS) is 50.0. The summed E-state index contributed by atoms with van der Waals surface area (Å²) in [5, 5.41) is 113. The molecule has 0 spiro atoms. The van der Waals surface area contributed by atoms with Gasteiger partial charge in [-0.2, -0.15) is 0 Å². The van der Waals surface area contributed by atoms with Gasteiger partial charge < -0.3 is 94.1 Å². The Morgan fingerprint density at radius 2 is 1.36 bits per heavy atom. The zero-order valence-electron chi connectivity index (χ0n) is 23.4. The van der Waals surface area contributed by atoms with E-state index in [2.05, 4.69) is 0 Å². The maximum Gasteiger partial charge on any atom is 0.303 e. The molecule has 0 unspecified atom stereocenters. The van der Waals surface area contributed by atoms with Crippen molar-refractivity contribution in [1.82, 2.24) is 0 Å². The third-order valence-electron chi connectivity index (χ3n) is 7.82. The number of hydrogen-bond acceptors (Lipinski definition) is 20. The standard InChI is InChI=1S/C24H40O20/c1-7(28)39-18-12(31)11(30)9(2-25)41-22(18)43-16-10(3-26)40-20(35)17(13(16)32)44-21-14(33)15(8(29)4-37-21)42-23-19(34)24(36,5-27)6-38-23/h8-23,25-27,29-36H,2-6H2,1H3/t8-,9-,10-,11-,12+,13+,14-,15+,16-,17-,18-,19+,20-,21+,22+,23+,24-/m1/s1. The van der Waals surface area contributed by atoms with Crippen molar-refractivity contribution >= 4 is 5.97 Å². The van der Waals surface area contributed by atoms with Crippen LogP contribution in [0.2, 0.25) is 0 Å². The number of esters is 1. The summed E-state index contributed by atoms with van der Waals surface area (Å²) in [6.45, 7) is -2.56. The first-order chi connectivity index (χ1) is 20.8. The van der Waals surface area contributed by atoms with Crippen LogP contribution in [0, 0.1) is 0 Å². The van der Waals surface area contributed by atoms with Crippen LogP contribution in [-0.2, 0) is 42.7 Å². The number of aliphatic hydroxyl groups excluding tert-OH is 10. The first-order valence-electron chi connectivity index (χ1n) is 13.7. The molecule has 0 amide bonds. The summed E-state index contributed by atoms with van der Waals surface area (Å²) in [5.41, 5.74) is -2.06. The van der Waals surface area contributed by atoms with E-state index in [1.807, 2.05) is 0 Å². The summed E-state index contributed by atoms with van der Waals surface area (Å²) < 4.78 is 43.0. The van der Waals surface area contributed by atoms with Crippen LogP contribution in [0.15, 0.2) is 0 Å². The van der Waals surface area contributed by atoms with E-state index in [1.54, 1.807) is 0 Å². The minimum absolute atomic E-state index is 0.520. The van der Waals surface area contributed by atoms with Gasteiger partial charge in [0.15, 0.2) is 31.3 Å². The Hall–Kier alpha value is -1.25. The van der Waals surface area contributed by atoms with Crippen molar-refractivity contribution in [2.45, 2.75) is 111 Å². The quantitative estimate of drug-likeness (QED) is 0.0980. The van der Waals surface area contributed by atoms with Gasteiger partial charge in [0.2, 0.25) is 0 Å². The van der Waals surface area contributed by atoms with E-state index in [4.69, 9.17) is 37.9 Å². The molecule has 0 saturated carbocycles. The maximum atomic E-state index is 11.7. The van der Waals surface area contributed by atoms with E-state index >= 15 is 0 Å². The van der Waals surface area contributed by atoms with E-state index < -0.39 is 143 Å². The smallest absolute Gasteiger partial charge is 0.303 e. The molecule has 256 valence electrons. The fourth-order valence-corrected chi connectivity index (χ4v) is 5.29. The van der Waals surface area contributed by atoms with Crippen LogP contribution in [0.5, 0.6) is 0 Å². The molecule has 0 bridgehead atoms. The van der Waals surface area contributed by atoms with Gasteiger partial charge >= 0.3 is 5.97 Å². The Balaban J connectivity index is 1.48. The van der Waals surface area contributed by atoms with E-state index in [0.29, 0.717) is 0 Å². The predicted molar refractivity (Wildman–Crippen MR) is 131 cm³/mol. The second kappa shape index (κ2) is 14.7. The summed E-state index contributed by atoms with van der Waals surface area (Å²) >= 11 is 0. The number of rotatable bonds is 10. The topological polar surface area (TPSA) is 313 Å². The molecule has 0 aliphatic carbocycles. The van der Waals surface area contributed by atoms with E-state index in [0.717, 1.165) is 6.92 Å². The zero-order chi connectivity index (χ0) is 32.5. The minimum atomic E-state index is -2.06. The highest BCUT2D eigenvalue weighted by Crippen LogP contribution is 2.34. The third-order valence-corrected chi connectivity index (χ3v) is 7.82. The fourth-order valence-electron chi connectivity index (χ4n) is 5.29. The Morgan fingerprint density at radius 1 is 0.727 bits per heavy atom. The average Bonchev–Trinajstić information content (AvgIpc) is 3.27. The molecule has 4 saturated heterocycles. The summed E-state index contributed by atoms with van der Waals surface area (Å²) in [6, 6.07) is 0. The minimum Gasteiger partial charge on any atom is -0.454 e. The number of ether oxygens (including phenoxy) is 8. The summed E-state index contributed by atoms with van der Waals surface area (Å²) in [5.74, 6) is -0.907. The molecular weight excluding hydrogens is 608 g/mol. The molecular formula is C24H40O20. The average molecular weight is 649 g/mol. The molecule has 20 heteroatoms. The van der Waals surface area contributed by atoms with Gasteiger partial charge in [-0.05, 0) is 0 Å². The zero-order valence-corrected chi connectivity index (χ0v) is 23.4. The molecule has 4 aliphatic rings. The van der Waals surface area contributed by atoms with Gasteiger partial charge in [0.05, 0.1) is 33.0 Å². The number of carbonyl (C=O) groups is 1. The number of aliphatic hydroxyl groups is 11. The van der Waals surface area contributed by atoms with Gasteiger partial charge in [0, 0.05) is 6.92 Å². The molecule has 4 fully saturated rings. The summed E-state index contributed by atoms with van der Waals surface area (Å²) in [6.07, 6.45) is -27.2. The molecule has 44 heavy (non-hydrogen) atoms. The molecule has 17 atom stereocenters. The highest BCUT2D eigenvalue weighted by molar-refractivity contribution is 5.66. The van der Waals surface area contributed by atoms with E-state index in [-0.39, 0.29) is 0 Å². The molecule has 0 radical (unpaired) electrons. The fraction of sp³-hybridized carbons (Fsp3) is 0.958. The molecule has 0 aromatic heterocycles. The Bertz CT molecular complexity index is 943. The summed E-state index contributed by atoms with van der Waals surface area (Å²) in [4.78, 5) is 11.7. The van der Waals surface area contributed by atoms with Crippen molar-refractivity contribution in [2.75, 3.05) is 33.0 Å². The van der Waals surface area contributed by atoms with Crippen LogP contribution in [-0.4, -0.2) is 199 Å². The van der Waals surface area contributed by atoms with Gasteiger partial charge in [-0.25, -0.2) is 0 Å². The van der Waals surface area contributed by atoms with E-state index in [1.165, 1.54) is 0 Å².